The number of benzene rings is 1. The first-order chi connectivity index (χ1) is 7.31. The normalized spacial score (nSPS) is 24.7. The lowest BCUT2D eigenvalue weighted by Gasteiger charge is -2.34. The Kier molecular flexibility index (Phi) is 4.51. The van der Waals surface area contributed by atoms with Crippen LogP contribution in [0.4, 0.5) is 0 Å². The number of ether oxygens (including phenoxy) is 1. The zero-order valence-corrected chi connectivity index (χ0v) is 12.6. The first-order valence-electron chi connectivity index (χ1n) is 4.99. The standard InChI is InChI=1S/C11H13I2NO/c12-7-8-1-3-10(4-2-8)15-11-5-9(6-11)14-13/h1-4,9,11,14H,5-7H2. The molecule has 82 valence electrons. The molecule has 0 saturated heterocycles. The molecule has 1 fully saturated rings. The summed E-state index contributed by atoms with van der Waals surface area (Å²) < 4.78 is 10.1. The van der Waals surface area contributed by atoms with Gasteiger partial charge < -0.3 is 4.74 Å². The molecule has 1 aliphatic rings. The van der Waals surface area contributed by atoms with E-state index in [9.17, 15) is 0 Å². The highest BCUT2D eigenvalue weighted by Gasteiger charge is 2.29. The molecule has 1 aliphatic carbocycles. The molecule has 15 heavy (non-hydrogen) atoms. The summed E-state index contributed by atoms with van der Waals surface area (Å²) in [5.41, 5.74) is 1.35. The second kappa shape index (κ2) is 5.67. The van der Waals surface area contributed by atoms with Gasteiger partial charge in [-0.1, -0.05) is 34.7 Å². The summed E-state index contributed by atoms with van der Waals surface area (Å²) in [5.74, 6) is 1.00. The highest BCUT2D eigenvalue weighted by molar-refractivity contribution is 14.1. The monoisotopic (exact) mass is 429 g/mol. The Bertz CT molecular complexity index is 309. The summed E-state index contributed by atoms with van der Waals surface area (Å²) in [5, 5.41) is 0. The second-order valence-electron chi connectivity index (χ2n) is 3.79. The van der Waals surface area contributed by atoms with Crippen molar-refractivity contribution in [2.75, 3.05) is 0 Å². The van der Waals surface area contributed by atoms with Crippen LogP contribution in [0.3, 0.4) is 0 Å². The van der Waals surface area contributed by atoms with Gasteiger partial charge in [0.25, 0.3) is 0 Å². The van der Waals surface area contributed by atoms with Crippen molar-refractivity contribution in [1.82, 2.24) is 3.53 Å². The largest absolute Gasteiger partial charge is 0.490 e. The predicted molar refractivity (Wildman–Crippen MR) is 78.8 cm³/mol. The van der Waals surface area contributed by atoms with Crippen LogP contribution in [0.25, 0.3) is 0 Å². The van der Waals surface area contributed by atoms with Crippen molar-refractivity contribution in [3.8, 4) is 5.75 Å². The van der Waals surface area contributed by atoms with Crippen LogP contribution in [-0.4, -0.2) is 12.1 Å². The molecule has 4 heteroatoms. The predicted octanol–water partition coefficient (Wildman–Crippen LogP) is 3.47. The Hall–Kier alpha value is 0.440. The van der Waals surface area contributed by atoms with Gasteiger partial charge in [-0.15, -0.1) is 0 Å². The summed E-state index contributed by atoms with van der Waals surface area (Å²) in [7, 11) is 0. The minimum absolute atomic E-state index is 0.405. The van der Waals surface area contributed by atoms with Gasteiger partial charge in [-0.25, -0.2) is 0 Å². The third-order valence-electron chi connectivity index (χ3n) is 2.63. The van der Waals surface area contributed by atoms with Gasteiger partial charge in [0.05, 0.1) is 0 Å². The molecule has 1 aromatic carbocycles. The Morgan fingerprint density at radius 1 is 1.27 bits per heavy atom. The van der Waals surface area contributed by atoms with E-state index in [1.165, 1.54) is 5.56 Å². The minimum Gasteiger partial charge on any atom is -0.490 e. The van der Waals surface area contributed by atoms with Crippen molar-refractivity contribution in [3.05, 3.63) is 29.8 Å². The lowest BCUT2D eigenvalue weighted by atomic mass is 9.90. The fraction of sp³-hybridized carbons (Fsp3) is 0.455. The van der Waals surface area contributed by atoms with Gasteiger partial charge >= 0.3 is 0 Å². The fourth-order valence-corrected chi connectivity index (χ4v) is 2.62. The summed E-state index contributed by atoms with van der Waals surface area (Å²) in [6.07, 6.45) is 2.65. The molecule has 0 radical (unpaired) electrons. The number of hydrogen-bond acceptors (Lipinski definition) is 2. The van der Waals surface area contributed by atoms with Crippen molar-refractivity contribution in [2.45, 2.75) is 29.4 Å². The van der Waals surface area contributed by atoms with Crippen molar-refractivity contribution >= 4 is 45.5 Å². The van der Waals surface area contributed by atoms with Crippen LogP contribution < -0.4 is 8.27 Å². The second-order valence-corrected chi connectivity index (χ2v) is 5.18. The van der Waals surface area contributed by atoms with Gasteiger partial charge in [-0.05, 0) is 17.7 Å². The smallest absolute Gasteiger partial charge is 0.119 e. The van der Waals surface area contributed by atoms with E-state index in [4.69, 9.17) is 4.74 Å². The van der Waals surface area contributed by atoms with E-state index < -0.39 is 0 Å². The molecule has 0 spiro atoms. The minimum atomic E-state index is 0.405. The van der Waals surface area contributed by atoms with Crippen LogP contribution >= 0.6 is 45.5 Å². The Labute approximate surface area is 118 Å². The van der Waals surface area contributed by atoms with Gasteiger partial charge in [-0.2, -0.15) is 0 Å². The molecule has 1 aromatic rings. The molecule has 1 saturated carbocycles. The lowest BCUT2D eigenvalue weighted by molar-refractivity contribution is 0.0974. The van der Waals surface area contributed by atoms with Crippen molar-refractivity contribution in [1.29, 1.82) is 0 Å². The molecule has 1 N–H and O–H groups in total. The van der Waals surface area contributed by atoms with Crippen LogP contribution in [0.1, 0.15) is 18.4 Å². The maximum absolute atomic E-state index is 5.84. The molecule has 2 rings (SSSR count). The SMILES string of the molecule is ICc1ccc(OC2CC(NI)C2)cc1. The molecule has 2 nitrogen and oxygen atoms in total. The molecule has 0 bridgehead atoms. The first kappa shape index (κ1) is 11.9. The average Bonchev–Trinajstić information content (AvgIpc) is 2.23. The molecule has 0 heterocycles. The van der Waals surface area contributed by atoms with E-state index in [0.29, 0.717) is 12.1 Å². The maximum atomic E-state index is 5.84. The molecule has 0 unspecified atom stereocenters. The number of nitrogens with one attached hydrogen (secondary N) is 1. The van der Waals surface area contributed by atoms with Crippen LogP contribution in [0.15, 0.2) is 24.3 Å². The highest BCUT2D eigenvalue weighted by atomic mass is 127. The van der Waals surface area contributed by atoms with E-state index in [1.807, 2.05) is 0 Å². The number of rotatable bonds is 4. The average molecular weight is 429 g/mol. The number of halogens is 2. The van der Waals surface area contributed by atoms with E-state index >= 15 is 0 Å². The van der Waals surface area contributed by atoms with E-state index in [0.717, 1.165) is 23.0 Å². The summed E-state index contributed by atoms with van der Waals surface area (Å²) in [6, 6.07) is 9.05. The molecule has 0 atom stereocenters. The zero-order valence-electron chi connectivity index (χ0n) is 8.25. The van der Waals surface area contributed by atoms with Gasteiger partial charge in [-0.3, -0.25) is 3.53 Å². The van der Waals surface area contributed by atoms with E-state index in [-0.39, 0.29) is 0 Å². The molecule has 0 aromatic heterocycles. The summed E-state index contributed by atoms with van der Waals surface area (Å²) in [6.45, 7) is 0. The van der Waals surface area contributed by atoms with Crippen molar-refractivity contribution in [3.63, 3.8) is 0 Å². The van der Waals surface area contributed by atoms with E-state index in [2.05, 4.69) is 73.3 Å². The fourth-order valence-electron chi connectivity index (χ4n) is 1.60. The van der Waals surface area contributed by atoms with Gasteiger partial charge in [0.1, 0.15) is 11.9 Å². The topological polar surface area (TPSA) is 21.3 Å². The lowest BCUT2D eigenvalue weighted by Crippen LogP contribution is -2.43. The van der Waals surface area contributed by atoms with Crippen molar-refractivity contribution < 1.29 is 4.74 Å². The molecular formula is C11H13I2NO. The van der Waals surface area contributed by atoms with Gasteiger partial charge in [0, 0.05) is 46.2 Å². The molecular weight excluding hydrogens is 416 g/mol. The summed E-state index contributed by atoms with van der Waals surface area (Å²) in [4.78, 5) is 0. The van der Waals surface area contributed by atoms with Crippen LogP contribution in [0.5, 0.6) is 5.75 Å². The Morgan fingerprint density at radius 3 is 2.47 bits per heavy atom. The number of alkyl halides is 1. The highest BCUT2D eigenvalue weighted by Crippen LogP contribution is 2.26. The third kappa shape index (κ3) is 3.20. The Morgan fingerprint density at radius 2 is 1.93 bits per heavy atom. The quantitative estimate of drug-likeness (QED) is 0.450. The number of hydrogen-bond donors (Lipinski definition) is 1. The first-order valence-corrected chi connectivity index (χ1v) is 7.60. The van der Waals surface area contributed by atoms with Gasteiger partial charge in [0.15, 0.2) is 0 Å². The maximum Gasteiger partial charge on any atom is 0.119 e. The van der Waals surface area contributed by atoms with Crippen LogP contribution in [-0.2, 0) is 4.43 Å². The van der Waals surface area contributed by atoms with Gasteiger partial charge in [0.2, 0.25) is 0 Å². The zero-order chi connectivity index (χ0) is 10.7. The summed E-state index contributed by atoms with van der Waals surface area (Å²) >= 11 is 4.58. The van der Waals surface area contributed by atoms with Crippen LogP contribution in [0, 0.1) is 0 Å². The van der Waals surface area contributed by atoms with E-state index in [1.54, 1.807) is 0 Å². The molecule has 0 amide bonds. The van der Waals surface area contributed by atoms with Crippen LogP contribution in [0.2, 0.25) is 0 Å². The third-order valence-corrected chi connectivity index (χ3v) is 4.39. The Balaban J connectivity index is 1.84. The van der Waals surface area contributed by atoms with Crippen molar-refractivity contribution in [2.24, 2.45) is 0 Å². The molecule has 0 aliphatic heterocycles.